The van der Waals surface area contributed by atoms with Crippen LogP contribution in [0.5, 0.6) is 0 Å². The summed E-state index contributed by atoms with van der Waals surface area (Å²) in [5.41, 5.74) is 0.837. The second-order valence-electron chi connectivity index (χ2n) is 5.76. The van der Waals surface area contributed by atoms with E-state index in [1.807, 2.05) is 12.1 Å². The molecule has 0 bridgehead atoms. The molecule has 0 saturated carbocycles. The number of hydrogen-bond donors (Lipinski definition) is 1. The van der Waals surface area contributed by atoms with Gasteiger partial charge in [-0.05, 0) is 69.5 Å². The minimum atomic E-state index is -0.592. The fourth-order valence-corrected chi connectivity index (χ4v) is 4.06. The lowest BCUT2D eigenvalue weighted by atomic mass is 10.1. The number of nitrogens with zero attached hydrogens (tertiary/aromatic N) is 4. The van der Waals surface area contributed by atoms with Gasteiger partial charge in [-0.1, -0.05) is 12.1 Å². The van der Waals surface area contributed by atoms with Crippen molar-refractivity contribution in [2.75, 3.05) is 6.54 Å². The fourth-order valence-electron chi connectivity index (χ4n) is 2.57. The lowest BCUT2D eigenvalue weighted by Gasteiger charge is -2.17. The summed E-state index contributed by atoms with van der Waals surface area (Å²) in [7, 11) is 0. The molecule has 2 heterocycles. The number of benzene rings is 1. The molecular formula is C17H17BrFN5OS. The van der Waals surface area contributed by atoms with E-state index < -0.39 is 6.04 Å². The molecular weight excluding hydrogens is 421 g/mol. The summed E-state index contributed by atoms with van der Waals surface area (Å²) in [4.78, 5) is 13.9. The predicted molar refractivity (Wildman–Crippen MR) is 100 cm³/mol. The standard InChI is InChI=1S/C17H17BrFN5OS/c1-11-21-22-23-24(11)15(10-12-2-4-13(19)5-3-12)17(25)20-9-8-14-6-7-16(18)26-14/h2-7,15H,8-10H2,1H3,(H,20,25). The number of carbonyl (C=O) groups is 1. The van der Waals surface area contributed by atoms with Crippen molar-refractivity contribution in [1.82, 2.24) is 25.5 Å². The lowest BCUT2D eigenvalue weighted by Crippen LogP contribution is -2.36. The van der Waals surface area contributed by atoms with Crippen LogP contribution >= 0.6 is 27.3 Å². The Balaban J connectivity index is 1.69. The molecule has 0 aliphatic rings. The number of thiophene rings is 1. The first kappa shape index (κ1) is 18.7. The Bertz CT molecular complexity index is 879. The van der Waals surface area contributed by atoms with Gasteiger partial charge in [-0.3, -0.25) is 4.79 Å². The first-order valence-electron chi connectivity index (χ1n) is 8.04. The van der Waals surface area contributed by atoms with Gasteiger partial charge in [0, 0.05) is 17.8 Å². The van der Waals surface area contributed by atoms with Crippen molar-refractivity contribution in [2.24, 2.45) is 0 Å². The molecule has 1 N–H and O–H groups in total. The number of hydrogen-bond acceptors (Lipinski definition) is 5. The molecule has 0 aliphatic heterocycles. The summed E-state index contributed by atoms with van der Waals surface area (Å²) < 4.78 is 15.7. The van der Waals surface area contributed by atoms with Gasteiger partial charge in [0.15, 0.2) is 0 Å². The summed E-state index contributed by atoms with van der Waals surface area (Å²) in [6.45, 7) is 2.26. The molecule has 1 atom stereocenters. The van der Waals surface area contributed by atoms with Gasteiger partial charge >= 0.3 is 0 Å². The van der Waals surface area contributed by atoms with E-state index in [1.54, 1.807) is 30.4 Å². The van der Waals surface area contributed by atoms with Crippen LogP contribution in [-0.4, -0.2) is 32.7 Å². The Hall–Kier alpha value is -2.13. The van der Waals surface area contributed by atoms with Gasteiger partial charge in [0.2, 0.25) is 5.91 Å². The Morgan fingerprint density at radius 1 is 1.31 bits per heavy atom. The number of halogens is 2. The smallest absolute Gasteiger partial charge is 0.245 e. The van der Waals surface area contributed by atoms with E-state index in [9.17, 15) is 9.18 Å². The lowest BCUT2D eigenvalue weighted by molar-refractivity contribution is -0.124. The Morgan fingerprint density at radius 3 is 2.69 bits per heavy atom. The molecule has 0 aliphatic carbocycles. The van der Waals surface area contributed by atoms with E-state index in [0.29, 0.717) is 18.8 Å². The molecule has 0 radical (unpaired) electrons. The predicted octanol–water partition coefficient (Wildman–Crippen LogP) is 3.09. The molecule has 6 nitrogen and oxygen atoms in total. The summed E-state index contributed by atoms with van der Waals surface area (Å²) in [6.07, 6.45) is 1.13. The molecule has 26 heavy (non-hydrogen) atoms. The van der Waals surface area contributed by atoms with E-state index in [1.165, 1.54) is 21.7 Å². The molecule has 2 aromatic heterocycles. The maximum absolute atomic E-state index is 13.1. The quantitative estimate of drug-likeness (QED) is 0.616. The van der Waals surface area contributed by atoms with E-state index >= 15 is 0 Å². The normalized spacial score (nSPS) is 12.1. The van der Waals surface area contributed by atoms with Crippen molar-refractivity contribution in [2.45, 2.75) is 25.8 Å². The fraction of sp³-hybridized carbons (Fsp3) is 0.294. The van der Waals surface area contributed by atoms with Crippen molar-refractivity contribution < 1.29 is 9.18 Å². The topological polar surface area (TPSA) is 72.7 Å². The monoisotopic (exact) mass is 437 g/mol. The number of aromatic nitrogens is 4. The van der Waals surface area contributed by atoms with Crippen LogP contribution in [0.2, 0.25) is 0 Å². The Morgan fingerprint density at radius 2 is 2.08 bits per heavy atom. The van der Waals surface area contributed by atoms with Crippen molar-refractivity contribution in [3.05, 3.63) is 62.3 Å². The number of nitrogens with one attached hydrogen (secondary N) is 1. The SMILES string of the molecule is Cc1nnnn1C(Cc1ccc(F)cc1)C(=O)NCCc1ccc(Br)s1. The molecule has 0 fully saturated rings. The Labute approximate surface area is 162 Å². The summed E-state index contributed by atoms with van der Waals surface area (Å²) in [5, 5.41) is 14.4. The largest absolute Gasteiger partial charge is 0.354 e. The van der Waals surface area contributed by atoms with E-state index in [4.69, 9.17) is 0 Å². The minimum Gasteiger partial charge on any atom is -0.354 e. The summed E-state index contributed by atoms with van der Waals surface area (Å²) in [5.74, 6) is 0.0743. The first-order valence-corrected chi connectivity index (χ1v) is 9.64. The van der Waals surface area contributed by atoms with Gasteiger partial charge in [0.1, 0.15) is 17.7 Å². The second kappa shape index (κ2) is 8.50. The van der Waals surface area contributed by atoms with Crippen LogP contribution in [-0.2, 0) is 17.6 Å². The Kier molecular flexibility index (Phi) is 6.10. The summed E-state index contributed by atoms with van der Waals surface area (Å²) in [6, 6.07) is 9.52. The molecule has 1 unspecified atom stereocenters. The van der Waals surface area contributed by atoms with Crippen molar-refractivity contribution in [1.29, 1.82) is 0 Å². The highest BCUT2D eigenvalue weighted by atomic mass is 79.9. The third kappa shape index (κ3) is 4.73. The average Bonchev–Trinajstić information content (AvgIpc) is 3.22. The average molecular weight is 438 g/mol. The summed E-state index contributed by atoms with van der Waals surface area (Å²) >= 11 is 5.08. The van der Waals surface area contributed by atoms with Gasteiger partial charge < -0.3 is 5.32 Å². The van der Waals surface area contributed by atoms with E-state index in [0.717, 1.165) is 15.8 Å². The third-order valence-electron chi connectivity index (χ3n) is 3.90. The first-order chi connectivity index (χ1) is 12.5. The van der Waals surface area contributed by atoms with Crippen molar-refractivity contribution >= 4 is 33.2 Å². The van der Waals surface area contributed by atoms with Crippen molar-refractivity contribution in [3.8, 4) is 0 Å². The molecule has 0 spiro atoms. The number of amides is 1. The van der Waals surface area contributed by atoms with Gasteiger partial charge in [-0.25, -0.2) is 9.07 Å². The van der Waals surface area contributed by atoms with E-state index in [-0.39, 0.29) is 11.7 Å². The molecule has 1 amide bonds. The number of rotatable bonds is 7. The highest BCUT2D eigenvalue weighted by molar-refractivity contribution is 9.11. The second-order valence-corrected chi connectivity index (χ2v) is 8.31. The number of tetrazole rings is 1. The molecule has 0 saturated heterocycles. The zero-order valence-electron chi connectivity index (χ0n) is 14.0. The zero-order valence-corrected chi connectivity index (χ0v) is 16.4. The van der Waals surface area contributed by atoms with Crippen LogP contribution in [0.4, 0.5) is 4.39 Å². The van der Waals surface area contributed by atoms with Gasteiger partial charge in [-0.2, -0.15) is 0 Å². The van der Waals surface area contributed by atoms with E-state index in [2.05, 4.69) is 36.8 Å². The third-order valence-corrected chi connectivity index (χ3v) is 5.58. The maximum Gasteiger partial charge on any atom is 0.245 e. The van der Waals surface area contributed by atoms with Crippen LogP contribution < -0.4 is 5.32 Å². The van der Waals surface area contributed by atoms with Crippen LogP contribution in [0, 0.1) is 12.7 Å². The van der Waals surface area contributed by atoms with Gasteiger partial charge in [-0.15, -0.1) is 16.4 Å². The van der Waals surface area contributed by atoms with Gasteiger partial charge in [0.25, 0.3) is 0 Å². The highest BCUT2D eigenvalue weighted by Crippen LogP contribution is 2.22. The molecule has 3 aromatic rings. The van der Waals surface area contributed by atoms with Crippen LogP contribution in [0.25, 0.3) is 0 Å². The molecule has 1 aromatic carbocycles. The van der Waals surface area contributed by atoms with Gasteiger partial charge in [0.05, 0.1) is 3.79 Å². The van der Waals surface area contributed by atoms with Crippen LogP contribution in [0.15, 0.2) is 40.2 Å². The van der Waals surface area contributed by atoms with Crippen LogP contribution in [0.1, 0.15) is 22.3 Å². The van der Waals surface area contributed by atoms with Crippen LogP contribution in [0.3, 0.4) is 0 Å². The minimum absolute atomic E-state index is 0.166. The highest BCUT2D eigenvalue weighted by Gasteiger charge is 2.24. The molecule has 136 valence electrons. The zero-order chi connectivity index (χ0) is 18.5. The number of carbonyl (C=O) groups excluding carboxylic acids is 1. The molecule has 3 rings (SSSR count). The molecule has 9 heteroatoms. The maximum atomic E-state index is 13.1. The number of aryl methyl sites for hydroxylation is 1. The van der Waals surface area contributed by atoms with Crippen molar-refractivity contribution in [3.63, 3.8) is 0 Å².